The van der Waals surface area contributed by atoms with Gasteiger partial charge in [-0.3, -0.25) is 9.97 Å². The second kappa shape index (κ2) is 6.78. The Morgan fingerprint density at radius 1 is 0.576 bits per heavy atom. The molecule has 0 aliphatic heterocycles. The molecular weight excluding hydrogens is 404 g/mol. The van der Waals surface area contributed by atoms with Gasteiger partial charge in [-0.25, -0.2) is 0 Å². The first-order valence-corrected chi connectivity index (χ1v) is 11.1. The third-order valence-electron chi connectivity index (χ3n) is 6.53. The van der Waals surface area contributed by atoms with Crippen molar-refractivity contribution in [2.75, 3.05) is 0 Å². The summed E-state index contributed by atoms with van der Waals surface area (Å²) in [5, 5.41) is 4.96. The second-order valence-corrected chi connectivity index (χ2v) is 8.49. The van der Waals surface area contributed by atoms with Crippen LogP contribution in [0, 0.1) is 6.92 Å². The third-order valence-corrected chi connectivity index (χ3v) is 6.53. The summed E-state index contributed by atoms with van der Waals surface area (Å²) in [6, 6.07) is 28.1. The molecule has 156 valence electrons. The quantitative estimate of drug-likeness (QED) is 0.300. The Hall–Kier alpha value is -4.44. The van der Waals surface area contributed by atoms with E-state index in [2.05, 4.69) is 92.8 Å². The number of aromatic nitrogens is 4. The minimum atomic E-state index is 1.06. The van der Waals surface area contributed by atoms with Crippen LogP contribution >= 0.6 is 0 Å². The van der Waals surface area contributed by atoms with E-state index in [1.807, 2.05) is 36.9 Å². The Kier molecular flexibility index (Phi) is 3.73. The molecule has 0 N–H and O–H groups in total. The maximum absolute atomic E-state index is 4.44. The number of benzene rings is 3. The first-order chi connectivity index (χ1) is 16.3. The van der Waals surface area contributed by atoms with Crippen molar-refractivity contribution in [2.24, 2.45) is 0 Å². The van der Waals surface area contributed by atoms with Gasteiger partial charge in [-0.2, -0.15) is 0 Å². The lowest BCUT2D eigenvalue weighted by Gasteiger charge is -2.09. The first-order valence-electron chi connectivity index (χ1n) is 11.1. The Morgan fingerprint density at radius 3 is 2.06 bits per heavy atom. The summed E-state index contributed by atoms with van der Waals surface area (Å²) >= 11 is 0. The van der Waals surface area contributed by atoms with Gasteiger partial charge in [0.05, 0.1) is 45.8 Å². The zero-order chi connectivity index (χ0) is 21.9. The fourth-order valence-corrected chi connectivity index (χ4v) is 5.19. The molecule has 0 radical (unpaired) electrons. The highest BCUT2D eigenvalue weighted by atomic mass is 15.0. The van der Waals surface area contributed by atoms with Gasteiger partial charge in [-0.1, -0.05) is 36.4 Å². The van der Waals surface area contributed by atoms with Crippen LogP contribution < -0.4 is 0 Å². The maximum Gasteiger partial charge on any atom is 0.0645 e. The number of hydrogen-bond acceptors (Lipinski definition) is 2. The average molecular weight is 425 g/mol. The van der Waals surface area contributed by atoms with Gasteiger partial charge in [0.1, 0.15) is 0 Å². The van der Waals surface area contributed by atoms with Crippen molar-refractivity contribution in [1.82, 2.24) is 19.1 Å². The standard InChI is InChI=1S/C29H20N4/c1-19-10-11-22-23-12-13-26-28(29(23)33(27(22)16-19)21-7-5-15-31-18-21)24-8-2-3-9-25(24)32(26)20-6-4-14-30-17-20/h2-18H,1H3. The van der Waals surface area contributed by atoms with Gasteiger partial charge >= 0.3 is 0 Å². The number of nitrogens with zero attached hydrogens (tertiary/aromatic N) is 4. The van der Waals surface area contributed by atoms with E-state index in [9.17, 15) is 0 Å². The number of pyridine rings is 2. The third kappa shape index (κ3) is 2.52. The molecule has 0 bridgehead atoms. The molecule has 0 saturated heterocycles. The van der Waals surface area contributed by atoms with Crippen molar-refractivity contribution in [3.63, 3.8) is 0 Å². The summed E-state index contributed by atoms with van der Waals surface area (Å²) in [5.74, 6) is 0. The van der Waals surface area contributed by atoms with Gasteiger partial charge in [-0.15, -0.1) is 0 Å². The van der Waals surface area contributed by atoms with Crippen LogP contribution in [0.2, 0.25) is 0 Å². The molecule has 4 aromatic heterocycles. The summed E-state index contributed by atoms with van der Waals surface area (Å²) < 4.78 is 4.68. The molecule has 0 aliphatic rings. The smallest absolute Gasteiger partial charge is 0.0645 e. The highest BCUT2D eigenvalue weighted by Crippen LogP contribution is 2.41. The Morgan fingerprint density at radius 2 is 1.30 bits per heavy atom. The number of rotatable bonds is 2. The summed E-state index contributed by atoms with van der Waals surface area (Å²) in [7, 11) is 0. The van der Waals surface area contributed by atoms with E-state index in [0.29, 0.717) is 0 Å². The van der Waals surface area contributed by atoms with Crippen LogP contribution in [-0.4, -0.2) is 19.1 Å². The van der Waals surface area contributed by atoms with Crippen LogP contribution in [0.5, 0.6) is 0 Å². The molecule has 0 amide bonds. The maximum atomic E-state index is 4.44. The SMILES string of the molecule is Cc1ccc2c3ccc4c(c5ccccc5n4-c4cccnc4)c3n(-c3cccnc3)c2c1. The molecule has 7 aromatic rings. The molecule has 0 spiro atoms. The molecule has 0 atom stereocenters. The lowest BCUT2D eigenvalue weighted by molar-refractivity contribution is 1.13. The van der Waals surface area contributed by atoms with E-state index in [1.165, 1.54) is 49.2 Å². The normalized spacial score (nSPS) is 11.8. The van der Waals surface area contributed by atoms with E-state index < -0.39 is 0 Å². The number of hydrogen-bond donors (Lipinski definition) is 0. The molecule has 0 aliphatic carbocycles. The van der Waals surface area contributed by atoms with Crippen LogP contribution in [0.4, 0.5) is 0 Å². The van der Waals surface area contributed by atoms with Gasteiger partial charge in [0, 0.05) is 33.9 Å². The molecule has 4 nitrogen and oxygen atoms in total. The van der Waals surface area contributed by atoms with Gasteiger partial charge in [-0.05, 0) is 55.0 Å². The monoisotopic (exact) mass is 424 g/mol. The number of aryl methyl sites for hydroxylation is 1. The summed E-state index contributed by atoms with van der Waals surface area (Å²) in [4.78, 5) is 8.83. The van der Waals surface area contributed by atoms with Crippen LogP contribution in [0.3, 0.4) is 0 Å². The molecule has 7 rings (SSSR count). The van der Waals surface area contributed by atoms with E-state index in [0.717, 1.165) is 11.4 Å². The average Bonchev–Trinajstić information content (AvgIpc) is 3.37. The molecular formula is C29H20N4. The second-order valence-electron chi connectivity index (χ2n) is 8.49. The van der Waals surface area contributed by atoms with Gasteiger partial charge < -0.3 is 9.13 Å². The van der Waals surface area contributed by atoms with Gasteiger partial charge in [0.25, 0.3) is 0 Å². The lowest BCUT2D eigenvalue weighted by Crippen LogP contribution is -1.96. The number of para-hydroxylation sites is 1. The summed E-state index contributed by atoms with van der Waals surface area (Å²) in [6.07, 6.45) is 7.52. The van der Waals surface area contributed by atoms with Crippen molar-refractivity contribution in [1.29, 1.82) is 0 Å². The summed E-state index contributed by atoms with van der Waals surface area (Å²) in [6.45, 7) is 2.15. The van der Waals surface area contributed by atoms with Crippen molar-refractivity contribution in [2.45, 2.75) is 6.92 Å². The summed E-state index contributed by atoms with van der Waals surface area (Å²) in [5.41, 5.74) is 8.11. The van der Waals surface area contributed by atoms with Crippen LogP contribution in [0.15, 0.2) is 104 Å². The molecule has 4 heterocycles. The molecule has 0 saturated carbocycles. The predicted octanol–water partition coefficient (Wildman–Crippen LogP) is 6.98. The molecule has 0 unspecified atom stereocenters. The highest BCUT2D eigenvalue weighted by Gasteiger charge is 2.20. The molecule has 33 heavy (non-hydrogen) atoms. The van der Waals surface area contributed by atoms with Crippen LogP contribution in [0.1, 0.15) is 5.56 Å². The van der Waals surface area contributed by atoms with Crippen molar-refractivity contribution in [3.8, 4) is 11.4 Å². The fourth-order valence-electron chi connectivity index (χ4n) is 5.19. The van der Waals surface area contributed by atoms with E-state index in [4.69, 9.17) is 0 Å². The highest BCUT2D eigenvalue weighted by molar-refractivity contribution is 6.26. The van der Waals surface area contributed by atoms with E-state index >= 15 is 0 Å². The van der Waals surface area contributed by atoms with Crippen molar-refractivity contribution < 1.29 is 0 Å². The largest absolute Gasteiger partial charge is 0.308 e. The zero-order valence-corrected chi connectivity index (χ0v) is 18.1. The van der Waals surface area contributed by atoms with E-state index in [-0.39, 0.29) is 0 Å². The minimum absolute atomic E-state index is 1.06. The van der Waals surface area contributed by atoms with E-state index in [1.54, 1.807) is 0 Å². The lowest BCUT2D eigenvalue weighted by atomic mass is 10.1. The molecule has 0 fully saturated rings. The Balaban J connectivity index is 1.77. The molecule has 3 aromatic carbocycles. The Labute approximate surface area is 190 Å². The van der Waals surface area contributed by atoms with Crippen molar-refractivity contribution in [3.05, 3.63) is 109 Å². The minimum Gasteiger partial charge on any atom is -0.308 e. The van der Waals surface area contributed by atoms with Gasteiger partial charge in [0.15, 0.2) is 0 Å². The number of fused-ring (bicyclic) bond motifs is 7. The van der Waals surface area contributed by atoms with Gasteiger partial charge in [0.2, 0.25) is 0 Å². The zero-order valence-electron chi connectivity index (χ0n) is 18.1. The van der Waals surface area contributed by atoms with Crippen LogP contribution in [-0.2, 0) is 0 Å². The van der Waals surface area contributed by atoms with Crippen LogP contribution in [0.25, 0.3) is 55.0 Å². The molecule has 4 heteroatoms. The fraction of sp³-hybridized carbons (Fsp3) is 0.0345. The Bertz CT molecular complexity index is 1810. The first kappa shape index (κ1) is 18.2. The van der Waals surface area contributed by atoms with Crippen molar-refractivity contribution >= 4 is 43.6 Å². The predicted molar refractivity (Wildman–Crippen MR) is 135 cm³/mol. The topological polar surface area (TPSA) is 35.6 Å².